The van der Waals surface area contributed by atoms with Crippen molar-refractivity contribution in [3.8, 4) is 0 Å². The Bertz CT molecular complexity index is 330. The van der Waals surface area contributed by atoms with Gasteiger partial charge in [-0.15, -0.1) is 0 Å². The molecule has 0 radical (unpaired) electrons. The Hall–Kier alpha value is -0.0300. The number of hydrogen-bond acceptors (Lipinski definition) is 3. The smallest absolute Gasteiger partial charge is 0.253 e. The molecule has 1 amide bonds. The molecule has 0 unspecified atom stereocenters. The van der Waals surface area contributed by atoms with E-state index in [1.807, 2.05) is 0 Å². The summed E-state index contributed by atoms with van der Waals surface area (Å²) in [6.07, 6.45) is 16.3. The minimum absolute atomic E-state index is 0.328. The Labute approximate surface area is 170 Å². The highest BCUT2D eigenvalue weighted by atomic mass is 35.5. The van der Waals surface area contributed by atoms with Crippen LogP contribution in [0.4, 0.5) is 0 Å². The van der Waals surface area contributed by atoms with Crippen LogP contribution >= 0.6 is 23.2 Å². The monoisotopic (exact) mass is 411 g/mol. The van der Waals surface area contributed by atoms with Gasteiger partial charge in [0.25, 0.3) is 5.91 Å². The molecule has 0 heterocycles. The second-order valence-corrected chi connectivity index (χ2v) is 8.29. The van der Waals surface area contributed by atoms with E-state index in [-0.39, 0.29) is 6.61 Å². The van der Waals surface area contributed by atoms with Crippen LogP contribution in [0.1, 0.15) is 96.8 Å². The number of halogens is 2. The van der Waals surface area contributed by atoms with Crippen molar-refractivity contribution in [1.29, 1.82) is 0 Å². The topological polar surface area (TPSA) is 69.6 Å². The molecule has 0 aliphatic rings. The van der Waals surface area contributed by atoms with E-state index in [1.54, 1.807) is 0 Å². The number of amides is 1. The SMILES string of the molecule is CCCCCCCCCCCCCCC[C@@H](O)[C@H](CO)NC(=O)C(Cl)Cl. The Morgan fingerprint density at radius 3 is 1.65 bits per heavy atom. The first kappa shape index (κ1) is 26.0. The van der Waals surface area contributed by atoms with E-state index in [9.17, 15) is 15.0 Å². The van der Waals surface area contributed by atoms with E-state index in [1.165, 1.54) is 70.6 Å². The third-order valence-electron chi connectivity index (χ3n) is 4.79. The first-order valence-corrected chi connectivity index (χ1v) is 11.3. The summed E-state index contributed by atoms with van der Waals surface area (Å²) in [4.78, 5) is 10.2. The van der Waals surface area contributed by atoms with Crippen molar-refractivity contribution in [2.45, 2.75) is 114 Å². The molecular weight excluding hydrogens is 373 g/mol. The average molecular weight is 412 g/mol. The van der Waals surface area contributed by atoms with Gasteiger partial charge in [0.2, 0.25) is 0 Å². The largest absolute Gasteiger partial charge is 0.394 e. The lowest BCUT2D eigenvalue weighted by atomic mass is 10.0. The van der Waals surface area contributed by atoms with Gasteiger partial charge in [-0.3, -0.25) is 4.79 Å². The van der Waals surface area contributed by atoms with Crippen LogP contribution in [0.5, 0.6) is 0 Å². The summed E-state index contributed by atoms with van der Waals surface area (Å²) in [6, 6.07) is -0.708. The van der Waals surface area contributed by atoms with Gasteiger partial charge in [0, 0.05) is 0 Å². The van der Waals surface area contributed by atoms with E-state index >= 15 is 0 Å². The molecule has 0 aliphatic carbocycles. The van der Waals surface area contributed by atoms with Crippen LogP contribution in [0, 0.1) is 0 Å². The Morgan fingerprint density at radius 2 is 1.27 bits per heavy atom. The fourth-order valence-corrected chi connectivity index (χ4v) is 3.21. The van der Waals surface area contributed by atoms with Crippen molar-refractivity contribution in [2.24, 2.45) is 0 Å². The predicted octanol–water partition coefficient (Wildman–Crippen LogP) is 5.11. The first-order chi connectivity index (χ1) is 12.5. The number of aliphatic hydroxyl groups is 2. The number of carbonyl (C=O) groups is 1. The van der Waals surface area contributed by atoms with E-state index in [0.29, 0.717) is 6.42 Å². The van der Waals surface area contributed by atoms with Gasteiger partial charge < -0.3 is 15.5 Å². The molecular formula is C20H39Cl2NO3. The molecule has 0 saturated heterocycles. The fourth-order valence-electron chi connectivity index (χ4n) is 3.08. The minimum atomic E-state index is -1.19. The lowest BCUT2D eigenvalue weighted by Gasteiger charge is -2.22. The number of rotatable bonds is 18. The van der Waals surface area contributed by atoms with Crippen LogP contribution in [0.3, 0.4) is 0 Å². The van der Waals surface area contributed by atoms with Gasteiger partial charge in [-0.2, -0.15) is 0 Å². The summed E-state index contributed by atoms with van der Waals surface area (Å²) in [6.45, 7) is 1.92. The third-order valence-corrected chi connectivity index (χ3v) is 5.19. The fraction of sp³-hybridized carbons (Fsp3) is 0.950. The Kier molecular flexibility index (Phi) is 18.3. The van der Waals surface area contributed by atoms with Crippen molar-refractivity contribution in [2.75, 3.05) is 6.61 Å². The maximum Gasteiger partial charge on any atom is 0.253 e. The number of unbranched alkanes of at least 4 members (excludes halogenated alkanes) is 12. The molecule has 6 heteroatoms. The third kappa shape index (κ3) is 15.1. The normalized spacial score (nSPS) is 13.8. The van der Waals surface area contributed by atoms with Crippen molar-refractivity contribution >= 4 is 29.1 Å². The summed E-state index contributed by atoms with van der Waals surface area (Å²) in [5.74, 6) is -0.586. The Balaban J connectivity index is 3.49. The number of alkyl halides is 2. The van der Waals surface area contributed by atoms with Crippen LogP contribution in [0.15, 0.2) is 0 Å². The molecule has 0 bridgehead atoms. The molecule has 0 fully saturated rings. The van der Waals surface area contributed by atoms with Crippen LogP contribution < -0.4 is 5.32 Å². The second kappa shape index (κ2) is 18.3. The predicted molar refractivity (Wildman–Crippen MR) is 111 cm³/mol. The molecule has 156 valence electrons. The number of nitrogens with one attached hydrogen (secondary N) is 1. The summed E-state index contributed by atoms with van der Waals surface area (Å²) < 4.78 is 0. The van der Waals surface area contributed by atoms with E-state index in [2.05, 4.69) is 12.2 Å². The number of aliphatic hydroxyl groups excluding tert-OH is 2. The van der Waals surface area contributed by atoms with Gasteiger partial charge in [0.15, 0.2) is 4.84 Å². The molecule has 26 heavy (non-hydrogen) atoms. The summed E-state index contributed by atoms with van der Waals surface area (Å²) >= 11 is 10.9. The summed E-state index contributed by atoms with van der Waals surface area (Å²) in [7, 11) is 0. The van der Waals surface area contributed by atoms with Gasteiger partial charge >= 0.3 is 0 Å². The number of hydrogen-bond donors (Lipinski definition) is 3. The zero-order chi connectivity index (χ0) is 19.6. The van der Waals surface area contributed by atoms with Gasteiger partial charge in [0.05, 0.1) is 18.8 Å². The van der Waals surface area contributed by atoms with Gasteiger partial charge in [-0.25, -0.2) is 0 Å². The minimum Gasteiger partial charge on any atom is -0.394 e. The molecule has 0 rings (SSSR count). The molecule has 0 aliphatic heterocycles. The van der Waals surface area contributed by atoms with Crippen LogP contribution in [0.2, 0.25) is 0 Å². The zero-order valence-corrected chi connectivity index (χ0v) is 17.9. The van der Waals surface area contributed by atoms with Crippen LogP contribution in [-0.4, -0.2) is 39.7 Å². The maximum atomic E-state index is 11.4. The van der Waals surface area contributed by atoms with E-state index < -0.39 is 22.9 Å². The molecule has 0 saturated carbocycles. The van der Waals surface area contributed by atoms with Gasteiger partial charge in [0.1, 0.15) is 0 Å². The summed E-state index contributed by atoms with van der Waals surface area (Å²) in [5.41, 5.74) is 0. The lowest BCUT2D eigenvalue weighted by Crippen LogP contribution is -2.47. The number of carbonyl (C=O) groups excluding carboxylic acids is 1. The first-order valence-electron chi connectivity index (χ1n) is 10.4. The standard InChI is InChI=1S/C20H39Cl2NO3/c1-2-3-4-5-6-7-8-9-10-11-12-13-14-15-18(25)17(16-24)23-20(26)19(21)22/h17-19,24-25H,2-16H2,1H3,(H,23,26)/t17-,18+/m0/s1. The molecule has 0 aromatic carbocycles. The average Bonchev–Trinajstić information content (AvgIpc) is 2.62. The molecule has 3 N–H and O–H groups in total. The highest BCUT2D eigenvalue weighted by Gasteiger charge is 2.22. The van der Waals surface area contributed by atoms with Crippen molar-refractivity contribution in [3.63, 3.8) is 0 Å². The van der Waals surface area contributed by atoms with Crippen LogP contribution in [0.25, 0.3) is 0 Å². The Morgan fingerprint density at radius 1 is 0.846 bits per heavy atom. The van der Waals surface area contributed by atoms with Gasteiger partial charge in [-0.1, -0.05) is 114 Å². The quantitative estimate of drug-likeness (QED) is 0.216. The molecule has 4 nitrogen and oxygen atoms in total. The molecule has 0 spiro atoms. The van der Waals surface area contributed by atoms with Gasteiger partial charge in [-0.05, 0) is 6.42 Å². The highest BCUT2D eigenvalue weighted by Crippen LogP contribution is 2.14. The second-order valence-electron chi connectivity index (χ2n) is 7.20. The van der Waals surface area contributed by atoms with Crippen molar-refractivity contribution in [3.05, 3.63) is 0 Å². The molecule has 0 aromatic rings. The van der Waals surface area contributed by atoms with Crippen molar-refractivity contribution in [1.82, 2.24) is 5.32 Å². The van der Waals surface area contributed by atoms with E-state index in [0.717, 1.165) is 12.8 Å². The maximum absolute atomic E-state index is 11.4. The van der Waals surface area contributed by atoms with E-state index in [4.69, 9.17) is 23.2 Å². The highest BCUT2D eigenvalue weighted by molar-refractivity contribution is 6.53. The molecule has 2 atom stereocenters. The van der Waals surface area contributed by atoms with Crippen LogP contribution in [-0.2, 0) is 4.79 Å². The lowest BCUT2D eigenvalue weighted by molar-refractivity contribution is -0.121. The summed E-state index contributed by atoms with van der Waals surface area (Å²) in [5, 5.41) is 21.8. The zero-order valence-electron chi connectivity index (χ0n) is 16.4. The van der Waals surface area contributed by atoms with Crippen molar-refractivity contribution < 1.29 is 15.0 Å². The molecule has 0 aromatic heterocycles.